The van der Waals surface area contributed by atoms with E-state index in [4.69, 9.17) is 2.74 Å². The van der Waals surface area contributed by atoms with Crippen LogP contribution in [0.25, 0.3) is 11.0 Å². The molecule has 0 unspecified atom stereocenters. The fourth-order valence-corrected chi connectivity index (χ4v) is 4.15. The van der Waals surface area contributed by atoms with Gasteiger partial charge in [0, 0.05) is 47.8 Å². The summed E-state index contributed by atoms with van der Waals surface area (Å²) in [5.74, 6) is 0. The fraction of sp³-hybridized carbons (Fsp3) is 0.200. The van der Waals surface area contributed by atoms with E-state index in [9.17, 15) is 18.0 Å². The third kappa shape index (κ3) is 4.16. The van der Waals surface area contributed by atoms with Crippen molar-refractivity contribution >= 4 is 34.1 Å². The summed E-state index contributed by atoms with van der Waals surface area (Å²) in [6, 6.07) is 11.3. The second kappa shape index (κ2) is 8.40. The van der Waals surface area contributed by atoms with Crippen LogP contribution in [-0.2, 0) is 19.1 Å². The maximum Gasteiger partial charge on any atom is 0.418 e. The lowest BCUT2D eigenvalue weighted by atomic mass is 10.1. The van der Waals surface area contributed by atoms with E-state index < -0.39 is 24.3 Å². The molecule has 3 heterocycles. The minimum Gasteiger partial charge on any atom is -0.367 e. The zero-order valence-corrected chi connectivity index (χ0v) is 18.1. The molecule has 0 fully saturated rings. The summed E-state index contributed by atoms with van der Waals surface area (Å²) in [5, 5.41) is 5.62. The van der Waals surface area contributed by atoms with Gasteiger partial charge in [0.05, 0.1) is 14.0 Å². The number of H-pyrrole nitrogens is 1. The Labute approximate surface area is 196 Å². The van der Waals surface area contributed by atoms with Gasteiger partial charge in [0.2, 0.25) is 0 Å². The Morgan fingerprint density at radius 1 is 1.18 bits per heavy atom. The number of urea groups is 1. The summed E-state index contributed by atoms with van der Waals surface area (Å²) in [5.41, 5.74) is 2.03. The van der Waals surface area contributed by atoms with Crippen molar-refractivity contribution in [1.82, 2.24) is 9.97 Å². The van der Waals surface area contributed by atoms with Gasteiger partial charge in [-0.3, -0.25) is 0 Å². The summed E-state index contributed by atoms with van der Waals surface area (Å²) in [6.07, 6.45) is -0.940. The molecular formula is C25H22F3N5O. The maximum absolute atomic E-state index is 13.4. The van der Waals surface area contributed by atoms with Crippen molar-refractivity contribution < 1.29 is 20.7 Å². The number of carbonyl (C=O) groups excluding carboxylic acids is 1. The summed E-state index contributed by atoms with van der Waals surface area (Å²) < 4.78 is 58.0. The number of anilines is 3. The first-order valence-corrected chi connectivity index (χ1v) is 10.6. The Kier molecular flexibility index (Phi) is 4.81. The SMILES string of the molecule is [2H]C([2H])(c1c[nH]c2ncccc12)N1CCc2c(NC(=O)Nc3cc(C)ccc3C(F)(F)F)cccc21. The molecule has 2 amide bonds. The number of benzene rings is 2. The Morgan fingerprint density at radius 3 is 2.82 bits per heavy atom. The summed E-state index contributed by atoms with van der Waals surface area (Å²) >= 11 is 0. The Morgan fingerprint density at radius 2 is 2.00 bits per heavy atom. The van der Waals surface area contributed by atoms with Crippen molar-refractivity contribution in [2.75, 3.05) is 22.1 Å². The number of pyridine rings is 1. The Bertz CT molecular complexity index is 1470. The number of rotatable bonds is 4. The fourth-order valence-electron chi connectivity index (χ4n) is 4.15. The molecule has 1 aliphatic rings. The number of hydrogen-bond donors (Lipinski definition) is 3. The van der Waals surface area contributed by atoms with E-state index in [0.29, 0.717) is 52.1 Å². The minimum atomic E-state index is -4.62. The van der Waals surface area contributed by atoms with E-state index in [0.717, 1.165) is 6.07 Å². The zero-order chi connectivity index (χ0) is 25.7. The van der Waals surface area contributed by atoms with Crippen LogP contribution in [0.3, 0.4) is 0 Å². The molecule has 0 saturated carbocycles. The molecule has 1 aliphatic heterocycles. The molecule has 0 bridgehead atoms. The maximum atomic E-state index is 13.4. The number of carbonyl (C=O) groups is 1. The standard InChI is InChI=1S/C25H22F3N5O/c1-15-7-8-19(25(26,27)28)21(12-15)32-24(34)31-20-5-2-6-22-18(20)9-11-33(22)14-16-13-30-23-17(16)4-3-10-29-23/h2-8,10,12-13H,9,11,14H2,1H3,(H,29,30)(H2,31,32,34)/i14D2. The molecule has 4 aromatic rings. The molecule has 9 heteroatoms. The highest BCUT2D eigenvalue weighted by molar-refractivity contribution is 6.01. The van der Waals surface area contributed by atoms with Crippen molar-refractivity contribution in [2.45, 2.75) is 26.0 Å². The molecule has 2 aromatic heterocycles. The molecule has 0 atom stereocenters. The van der Waals surface area contributed by atoms with Crippen LogP contribution in [-0.4, -0.2) is 22.5 Å². The number of aromatic nitrogens is 2. The van der Waals surface area contributed by atoms with Gasteiger partial charge in [0.25, 0.3) is 0 Å². The number of nitrogens with one attached hydrogen (secondary N) is 3. The molecule has 0 radical (unpaired) electrons. The quantitative estimate of drug-likeness (QED) is 0.340. The van der Waals surface area contributed by atoms with E-state index in [2.05, 4.69) is 20.6 Å². The predicted molar refractivity (Wildman–Crippen MR) is 126 cm³/mol. The van der Waals surface area contributed by atoms with Crippen LogP contribution in [0.4, 0.5) is 35.0 Å². The van der Waals surface area contributed by atoms with Gasteiger partial charge >= 0.3 is 12.2 Å². The van der Waals surface area contributed by atoms with Gasteiger partial charge in [-0.25, -0.2) is 9.78 Å². The predicted octanol–water partition coefficient (Wildman–Crippen LogP) is 6.10. The van der Waals surface area contributed by atoms with Crippen LogP contribution < -0.4 is 15.5 Å². The highest BCUT2D eigenvalue weighted by Crippen LogP contribution is 2.37. The van der Waals surface area contributed by atoms with Gasteiger partial charge in [-0.2, -0.15) is 13.2 Å². The molecule has 0 aliphatic carbocycles. The first-order valence-electron chi connectivity index (χ1n) is 11.6. The molecule has 34 heavy (non-hydrogen) atoms. The van der Waals surface area contributed by atoms with Crippen molar-refractivity contribution in [1.29, 1.82) is 0 Å². The van der Waals surface area contributed by atoms with Gasteiger partial charge in [0.1, 0.15) is 5.65 Å². The van der Waals surface area contributed by atoms with Crippen LogP contribution in [0.5, 0.6) is 0 Å². The lowest BCUT2D eigenvalue weighted by Gasteiger charge is -2.20. The summed E-state index contributed by atoms with van der Waals surface area (Å²) in [7, 11) is 0. The molecular weight excluding hydrogens is 443 g/mol. The Balaban J connectivity index is 1.41. The lowest BCUT2D eigenvalue weighted by Crippen LogP contribution is -2.22. The smallest absolute Gasteiger partial charge is 0.367 e. The number of nitrogens with zero attached hydrogens (tertiary/aromatic N) is 2. The van der Waals surface area contributed by atoms with Gasteiger partial charge in [-0.15, -0.1) is 0 Å². The molecule has 174 valence electrons. The van der Waals surface area contributed by atoms with E-state index in [1.165, 1.54) is 12.1 Å². The first kappa shape index (κ1) is 19.5. The van der Waals surface area contributed by atoms with Gasteiger partial charge < -0.3 is 20.5 Å². The number of halogens is 3. The number of aryl methyl sites for hydroxylation is 1. The highest BCUT2D eigenvalue weighted by Gasteiger charge is 2.34. The molecule has 6 nitrogen and oxygen atoms in total. The zero-order valence-electron chi connectivity index (χ0n) is 20.1. The molecule has 0 saturated heterocycles. The largest absolute Gasteiger partial charge is 0.418 e. The molecule has 2 aromatic carbocycles. The topological polar surface area (TPSA) is 73.0 Å². The highest BCUT2D eigenvalue weighted by atomic mass is 19.4. The normalized spacial score (nSPS) is 14.5. The van der Waals surface area contributed by atoms with Crippen molar-refractivity contribution in [3.05, 3.63) is 83.2 Å². The Hall–Kier alpha value is -4.01. The lowest BCUT2D eigenvalue weighted by molar-refractivity contribution is -0.136. The second-order valence-electron chi connectivity index (χ2n) is 8.04. The van der Waals surface area contributed by atoms with Gasteiger partial charge in [0.15, 0.2) is 0 Å². The number of aromatic amines is 1. The van der Waals surface area contributed by atoms with Gasteiger partial charge in [-0.1, -0.05) is 12.1 Å². The van der Waals surface area contributed by atoms with Crippen LogP contribution in [0.15, 0.2) is 60.9 Å². The second-order valence-corrected chi connectivity index (χ2v) is 8.04. The third-order valence-corrected chi connectivity index (χ3v) is 5.71. The number of amides is 2. The molecule has 5 rings (SSSR count). The van der Waals surface area contributed by atoms with Crippen molar-refractivity contribution in [2.24, 2.45) is 0 Å². The van der Waals surface area contributed by atoms with E-state index in [-0.39, 0.29) is 5.69 Å². The first-order chi connectivity index (χ1) is 17.1. The van der Waals surface area contributed by atoms with Crippen LogP contribution in [0, 0.1) is 6.92 Å². The summed E-state index contributed by atoms with van der Waals surface area (Å²) in [4.78, 5) is 21.5. The van der Waals surface area contributed by atoms with Crippen LogP contribution in [0.1, 0.15) is 25.0 Å². The number of alkyl halides is 3. The van der Waals surface area contributed by atoms with E-state index in [1.54, 1.807) is 54.5 Å². The van der Waals surface area contributed by atoms with Crippen molar-refractivity contribution in [3.63, 3.8) is 0 Å². The number of fused-ring (bicyclic) bond motifs is 2. The van der Waals surface area contributed by atoms with E-state index in [1.807, 2.05) is 0 Å². The van der Waals surface area contributed by atoms with Gasteiger partial charge in [-0.05, 0) is 60.9 Å². The average molecular weight is 467 g/mol. The van der Waals surface area contributed by atoms with E-state index >= 15 is 0 Å². The monoisotopic (exact) mass is 467 g/mol. The van der Waals surface area contributed by atoms with Crippen LogP contribution >= 0.6 is 0 Å². The average Bonchev–Trinajstić information content (AvgIpc) is 3.44. The molecule has 3 N–H and O–H groups in total. The van der Waals surface area contributed by atoms with Crippen molar-refractivity contribution in [3.8, 4) is 0 Å². The minimum absolute atomic E-state index is 0.335. The third-order valence-electron chi connectivity index (χ3n) is 5.71. The number of hydrogen-bond acceptors (Lipinski definition) is 3. The van der Waals surface area contributed by atoms with Crippen LogP contribution in [0.2, 0.25) is 0 Å². The summed E-state index contributed by atoms with van der Waals surface area (Å²) in [6.45, 7) is 0.113. The molecule has 0 spiro atoms.